The second-order valence-corrected chi connectivity index (χ2v) is 5.07. The zero-order valence-corrected chi connectivity index (χ0v) is 12.8. The molecule has 1 heterocycles. The lowest BCUT2D eigenvalue weighted by atomic mass is 10.2. The lowest BCUT2D eigenvalue weighted by molar-refractivity contribution is -0.123. The molecule has 8 heteroatoms. The maximum atomic E-state index is 13.0. The Morgan fingerprint density at radius 2 is 2.09 bits per heavy atom. The molecule has 0 saturated heterocycles. The Hall–Kier alpha value is -2.67. The fourth-order valence-electron chi connectivity index (χ4n) is 1.67. The quantitative estimate of drug-likeness (QED) is 0.660. The van der Waals surface area contributed by atoms with Crippen molar-refractivity contribution >= 4 is 35.0 Å². The van der Waals surface area contributed by atoms with Gasteiger partial charge in [0.05, 0.1) is 10.6 Å². The molecule has 6 nitrogen and oxygen atoms in total. The number of nitrogens with one attached hydrogen (secondary N) is 1. The number of carbonyl (C=O) groups excluding carboxylic acids is 2. The van der Waals surface area contributed by atoms with Crippen LogP contribution in [0.15, 0.2) is 36.5 Å². The van der Waals surface area contributed by atoms with Gasteiger partial charge in [-0.3, -0.25) is 4.79 Å². The fourth-order valence-corrected chi connectivity index (χ4v) is 1.79. The van der Waals surface area contributed by atoms with Gasteiger partial charge in [-0.05, 0) is 37.3 Å². The number of hydrogen-bond donors (Lipinski definition) is 2. The van der Waals surface area contributed by atoms with Gasteiger partial charge in [0, 0.05) is 11.9 Å². The van der Waals surface area contributed by atoms with E-state index in [-0.39, 0.29) is 17.1 Å². The first kappa shape index (κ1) is 16.7. The van der Waals surface area contributed by atoms with Crippen LogP contribution in [0, 0.1) is 5.82 Å². The largest absolute Gasteiger partial charge is 0.449 e. The van der Waals surface area contributed by atoms with Crippen LogP contribution in [0.2, 0.25) is 5.02 Å². The third-order valence-corrected chi connectivity index (χ3v) is 3.09. The number of esters is 1. The highest BCUT2D eigenvalue weighted by Gasteiger charge is 2.21. The summed E-state index contributed by atoms with van der Waals surface area (Å²) in [4.78, 5) is 27.8. The Morgan fingerprint density at radius 3 is 2.70 bits per heavy atom. The molecule has 0 bridgehead atoms. The number of carbonyl (C=O) groups is 2. The predicted molar refractivity (Wildman–Crippen MR) is 83.6 cm³/mol. The van der Waals surface area contributed by atoms with Crippen LogP contribution in [0.5, 0.6) is 0 Å². The molecule has 2 aromatic rings. The van der Waals surface area contributed by atoms with Crippen molar-refractivity contribution in [3.05, 3.63) is 52.9 Å². The first-order chi connectivity index (χ1) is 10.9. The van der Waals surface area contributed by atoms with Crippen LogP contribution < -0.4 is 11.1 Å². The van der Waals surface area contributed by atoms with E-state index in [2.05, 4.69) is 10.3 Å². The number of anilines is 2. The van der Waals surface area contributed by atoms with Crippen molar-refractivity contribution < 1.29 is 18.7 Å². The third-order valence-electron chi connectivity index (χ3n) is 2.87. The Morgan fingerprint density at radius 1 is 1.35 bits per heavy atom. The molecule has 120 valence electrons. The van der Waals surface area contributed by atoms with E-state index in [1.165, 1.54) is 25.3 Å². The summed E-state index contributed by atoms with van der Waals surface area (Å²) in [6.45, 7) is 1.39. The van der Waals surface area contributed by atoms with Gasteiger partial charge in [-0.2, -0.15) is 0 Å². The number of benzene rings is 1. The lowest BCUT2D eigenvalue weighted by Gasteiger charge is -2.14. The van der Waals surface area contributed by atoms with E-state index in [4.69, 9.17) is 22.1 Å². The Balaban J connectivity index is 2.00. The van der Waals surface area contributed by atoms with Crippen molar-refractivity contribution in [3.8, 4) is 0 Å². The Kier molecular flexibility index (Phi) is 5.13. The highest BCUT2D eigenvalue weighted by Crippen LogP contribution is 2.16. The van der Waals surface area contributed by atoms with Crippen LogP contribution in [0.3, 0.4) is 0 Å². The van der Waals surface area contributed by atoms with Gasteiger partial charge in [0.1, 0.15) is 11.6 Å². The summed E-state index contributed by atoms with van der Waals surface area (Å²) in [5, 5.41) is 2.90. The van der Waals surface area contributed by atoms with Crippen LogP contribution in [-0.2, 0) is 9.53 Å². The number of nitrogens with zero attached hydrogens (tertiary/aromatic N) is 1. The fraction of sp³-hybridized carbons (Fsp3) is 0.133. The number of nitrogens with two attached hydrogens (primary N) is 1. The van der Waals surface area contributed by atoms with Gasteiger partial charge in [-0.25, -0.2) is 14.2 Å². The van der Waals surface area contributed by atoms with Crippen molar-refractivity contribution in [1.82, 2.24) is 4.98 Å². The summed E-state index contributed by atoms with van der Waals surface area (Å²) < 4.78 is 18.0. The molecule has 0 unspecified atom stereocenters. The van der Waals surface area contributed by atoms with Crippen molar-refractivity contribution in [2.75, 3.05) is 11.1 Å². The second kappa shape index (κ2) is 7.06. The minimum absolute atomic E-state index is 0.0179. The molecule has 1 amide bonds. The van der Waals surface area contributed by atoms with E-state index in [0.29, 0.717) is 5.02 Å². The van der Waals surface area contributed by atoms with Gasteiger partial charge in [0.15, 0.2) is 6.10 Å². The minimum atomic E-state index is -1.09. The molecule has 1 aromatic heterocycles. The van der Waals surface area contributed by atoms with Crippen molar-refractivity contribution in [1.29, 1.82) is 0 Å². The van der Waals surface area contributed by atoms with Gasteiger partial charge in [-0.1, -0.05) is 11.6 Å². The van der Waals surface area contributed by atoms with Crippen LogP contribution in [0.25, 0.3) is 0 Å². The number of nitrogen functional groups attached to an aromatic ring is 1. The predicted octanol–water partition coefficient (Wildman–Crippen LogP) is 2.64. The molecule has 3 N–H and O–H groups in total. The summed E-state index contributed by atoms with van der Waals surface area (Å²) in [7, 11) is 0. The van der Waals surface area contributed by atoms with Crippen LogP contribution >= 0.6 is 11.6 Å². The average molecular weight is 338 g/mol. The molecule has 0 fully saturated rings. The number of rotatable bonds is 4. The third kappa shape index (κ3) is 4.40. The normalized spacial score (nSPS) is 11.6. The van der Waals surface area contributed by atoms with Gasteiger partial charge in [0.2, 0.25) is 0 Å². The molecule has 1 aromatic carbocycles. The van der Waals surface area contributed by atoms with Crippen molar-refractivity contribution in [2.24, 2.45) is 0 Å². The minimum Gasteiger partial charge on any atom is -0.449 e. The lowest BCUT2D eigenvalue weighted by Crippen LogP contribution is -2.30. The molecule has 0 radical (unpaired) electrons. The maximum absolute atomic E-state index is 13.0. The zero-order valence-electron chi connectivity index (χ0n) is 12.0. The molecule has 0 aliphatic carbocycles. The maximum Gasteiger partial charge on any atom is 0.341 e. The molecule has 2 rings (SSSR count). The highest BCUT2D eigenvalue weighted by molar-refractivity contribution is 6.30. The van der Waals surface area contributed by atoms with E-state index in [1.807, 2.05) is 0 Å². The van der Waals surface area contributed by atoms with Gasteiger partial charge < -0.3 is 15.8 Å². The molecule has 0 aliphatic rings. The van der Waals surface area contributed by atoms with E-state index >= 15 is 0 Å². The van der Waals surface area contributed by atoms with Gasteiger partial charge >= 0.3 is 5.97 Å². The summed E-state index contributed by atoms with van der Waals surface area (Å²) in [6, 6.07) is 6.33. The average Bonchev–Trinajstić information content (AvgIpc) is 2.49. The van der Waals surface area contributed by atoms with Gasteiger partial charge in [-0.15, -0.1) is 0 Å². The SMILES string of the molecule is C[C@H](OC(=O)c1ccc(F)cc1N)C(=O)Nc1ccc(Cl)cn1. The van der Waals surface area contributed by atoms with Crippen LogP contribution in [-0.4, -0.2) is 23.0 Å². The Labute approximate surface area is 136 Å². The number of pyridine rings is 1. The smallest absolute Gasteiger partial charge is 0.341 e. The number of hydrogen-bond acceptors (Lipinski definition) is 5. The number of amides is 1. The summed E-state index contributed by atoms with van der Waals surface area (Å²) in [5.41, 5.74) is 5.46. The molecule has 1 atom stereocenters. The highest BCUT2D eigenvalue weighted by atomic mass is 35.5. The molecule has 0 aliphatic heterocycles. The number of aromatic nitrogens is 1. The van der Waals surface area contributed by atoms with E-state index < -0.39 is 23.8 Å². The summed E-state index contributed by atoms with van der Waals surface area (Å²) >= 11 is 5.69. The van der Waals surface area contributed by atoms with E-state index in [0.717, 1.165) is 12.1 Å². The summed E-state index contributed by atoms with van der Waals surface area (Å²) in [6.07, 6.45) is 0.275. The first-order valence-electron chi connectivity index (χ1n) is 6.55. The molecule has 23 heavy (non-hydrogen) atoms. The molecule has 0 spiro atoms. The molecule has 0 saturated carbocycles. The summed E-state index contributed by atoms with van der Waals surface area (Å²) in [5.74, 6) is -1.70. The molecular formula is C15H13ClFN3O3. The van der Waals surface area contributed by atoms with Gasteiger partial charge in [0.25, 0.3) is 5.91 Å². The number of ether oxygens (including phenoxy) is 1. The second-order valence-electron chi connectivity index (χ2n) is 4.63. The Bertz CT molecular complexity index is 737. The zero-order chi connectivity index (χ0) is 17.0. The topological polar surface area (TPSA) is 94.3 Å². The standard InChI is InChI=1S/C15H13ClFN3O3/c1-8(14(21)20-13-5-2-9(16)7-19-13)23-15(22)11-4-3-10(17)6-12(11)18/h2-8H,18H2,1H3,(H,19,20,21)/t8-/m0/s1. The van der Waals surface area contributed by atoms with Crippen molar-refractivity contribution in [2.45, 2.75) is 13.0 Å². The van der Waals surface area contributed by atoms with E-state index in [1.54, 1.807) is 6.07 Å². The monoisotopic (exact) mass is 337 g/mol. The molecular weight excluding hydrogens is 325 g/mol. The first-order valence-corrected chi connectivity index (χ1v) is 6.93. The van der Waals surface area contributed by atoms with Crippen LogP contribution in [0.1, 0.15) is 17.3 Å². The van der Waals surface area contributed by atoms with Crippen molar-refractivity contribution in [3.63, 3.8) is 0 Å². The van der Waals surface area contributed by atoms with E-state index in [9.17, 15) is 14.0 Å². The number of halogens is 2. The van der Waals surface area contributed by atoms with Crippen LogP contribution in [0.4, 0.5) is 15.9 Å².